The Balaban J connectivity index is 2.27. The van der Waals surface area contributed by atoms with Crippen molar-refractivity contribution in [1.29, 1.82) is 0 Å². The molecule has 0 spiro atoms. The Bertz CT molecular complexity index is 464. The molecule has 17 heavy (non-hydrogen) atoms. The van der Waals surface area contributed by atoms with Crippen LogP contribution in [0.5, 0.6) is 11.5 Å². The number of carboxylic acids is 1. The summed E-state index contributed by atoms with van der Waals surface area (Å²) in [4.78, 5) is 10.9. The standard InChI is InChI=1S/C12H12O5/c1-15-6-9(12(13)14)4-8-2-3-10-11(5-8)17-7-16-10/h2-5H,6-7H2,1H3,(H,13,14)/b9-4+. The normalized spacial score (nSPS) is 13.8. The molecule has 0 amide bonds. The SMILES string of the molecule is COC/C(=C\c1ccc2c(c1)OCO2)C(=O)O. The number of aliphatic carboxylic acids is 1. The molecule has 0 radical (unpaired) electrons. The van der Waals surface area contributed by atoms with Crippen LogP contribution in [-0.2, 0) is 9.53 Å². The van der Waals surface area contributed by atoms with Crippen LogP contribution >= 0.6 is 0 Å². The van der Waals surface area contributed by atoms with Crippen LogP contribution < -0.4 is 9.47 Å². The van der Waals surface area contributed by atoms with Crippen LogP contribution in [0.2, 0.25) is 0 Å². The van der Waals surface area contributed by atoms with E-state index in [-0.39, 0.29) is 19.0 Å². The van der Waals surface area contributed by atoms with E-state index in [2.05, 4.69) is 0 Å². The molecule has 1 heterocycles. The molecule has 1 N–H and O–H groups in total. The second-order valence-electron chi connectivity index (χ2n) is 3.52. The van der Waals surface area contributed by atoms with E-state index < -0.39 is 5.97 Å². The lowest BCUT2D eigenvalue weighted by Crippen LogP contribution is -2.06. The monoisotopic (exact) mass is 236 g/mol. The molecule has 0 saturated carbocycles. The van der Waals surface area contributed by atoms with E-state index in [0.29, 0.717) is 11.5 Å². The molecule has 0 aliphatic carbocycles. The molecule has 90 valence electrons. The van der Waals surface area contributed by atoms with Crippen molar-refractivity contribution in [2.45, 2.75) is 0 Å². The molecule has 1 aromatic rings. The van der Waals surface area contributed by atoms with Crippen LogP contribution in [0.15, 0.2) is 23.8 Å². The van der Waals surface area contributed by atoms with E-state index >= 15 is 0 Å². The highest BCUT2D eigenvalue weighted by Gasteiger charge is 2.13. The Morgan fingerprint density at radius 3 is 2.94 bits per heavy atom. The summed E-state index contributed by atoms with van der Waals surface area (Å²) in [5.74, 6) is 0.302. The summed E-state index contributed by atoms with van der Waals surface area (Å²) >= 11 is 0. The van der Waals surface area contributed by atoms with Crippen LogP contribution in [0, 0.1) is 0 Å². The second kappa shape index (κ2) is 4.88. The number of fused-ring (bicyclic) bond motifs is 1. The second-order valence-corrected chi connectivity index (χ2v) is 3.52. The predicted molar refractivity (Wildman–Crippen MR) is 60.1 cm³/mol. The molecule has 1 aliphatic rings. The van der Waals surface area contributed by atoms with Gasteiger partial charge in [0.2, 0.25) is 6.79 Å². The van der Waals surface area contributed by atoms with Gasteiger partial charge < -0.3 is 19.3 Å². The topological polar surface area (TPSA) is 65.0 Å². The van der Waals surface area contributed by atoms with E-state index in [1.807, 2.05) is 0 Å². The largest absolute Gasteiger partial charge is 0.478 e. The van der Waals surface area contributed by atoms with Crippen molar-refractivity contribution in [3.8, 4) is 11.5 Å². The molecule has 5 nitrogen and oxygen atoms in total. The lowest BCUT2D eigenvalue weighted by Gasteiger charge is -2.02. The van der Waals surface area contributed by atoms with Crippen molar-refractivity contribution < 1.29 is 24.1 Å². The summed E-state index contributed by atoms with van der Waals surface area (Å²) in [5.41, 5.74) is 0.926. The van der Waals surface area contributed by atoms with Gasteiger partial charge in [0.25, 0.3) is 0 Å². The van der Waals surface area contributed by atoms with Gasteiger partial charge in [-0.2, -0.15) is 0 Å². The quantitative estimate of drug-likeness (QED) is 0.803. The highest BCUT2D eigenvalue weighted by Crippen LogP contribution is 2.33. The van der Waals surface area contributed by atoms with Gasteiger partial charge in [0, 0.05) is 7.11 Å². The van der Waals surface area contributed by atoms with E-state index in [9.17, 15) is 4.79 Å². The lowest BCUT2D eigenvalue weighted by molar-refractivity contribution is -0.133. The summed E-state index contributed by atoms with van der Waals surface area (Å²) < 4.78 is 15.2. The fourth-order valence-electron chi connectivity index (χ4n) is 1.52. The van der Waals surface area contributed by atoms with Crippen LogP contribution in [0.4, 0.5) is 0 Å². The third kappa shape index (κ3) is 2.57. The van der Waals surface area contributed by atoms with Gasteiger partial charge in [0.05, 0.1) is 12.2 Å². The minimum atomic E-state index is -0.996. The Hall–Kier alpha value is -2.01. The Labute approximate surface area is 98.2 Å². The maximum atomic E-state index is 10.9. The third-order valence-corrected chi connectivity index (χ3v) is 2.31. The van der Waals surface area contributed by atoms with Crippen molar-refractivity contribution >= 4 is 12.0 Å². The molecular weight excluding hydrogens is 224 g/mol. The number of benzene rings is 1. The molecular formula is C12H12O5. The van der Waals surface area contributed by atoms with Crippen molar-refractivity contribution in [1.82, 2.24) is 0 Å². The molecule has 0 fully saturated rings. The van der Waals surface area contributed by atoms with Gasteiger partial charge in [-0.05, 0) is 23.8 Å². The molecule has 0 aromatic heterocycles. The van der Waals surface area contributed by atoms with Crippen molar-refractivity contribution in [2.24, 2.45) is 0 Å². The molecule has 0 saturated heterocycles. The van der Waals surface area contributed by atoms with E-state index in [4.69, 9.17) is 19.3 Å². The summed E-state index contributed by atoms with van der Waals surface area (Å²) in [7, 11) is 1.45. The number of hydrogen-bond donors (Lipinski definition) is 1. The van der Waals surface area contributed by atoms with Crippen LogP contribution in [-0.4, -0.2) is 31.6 Å². The summed E-state index contributed by atoms with van der Waals surface area (Å²) in [6, 6.07) is 5.26. The molecule has 0 atom stereocenters. The Morgan fingerprint density at radius 2 is 2.24 bits per heavy atom. The zero-order valence-corrected chi connectivity index (χ0v) is 9.30. The van der Waals surface area contributed by atoms with Gasteiger partial charge in [-0.1, -0.05) is 6.07 Å². The van der Waals surface area contributed by atoms with Crippen molar-refractivity contribution in [3.05, 3.63) is 29.3 Å². The molecule has 0 bridgehead atoms. The van der Waals surface area contributed by atoms with Gasteiger partial charge in [-0.15, -0.1) is 0 Å². The highest BCUT2D eigenvalue weighted by molar-refractivity contribution is 5.92. The van der Waals surface area contributed by atoms with Gasteiger partial charge >= 0.3 is 5.97 Å². The first-order valence-corrected chi connectivity index (χ1v) is 5.03. The summed E-state index contributed by atoms with van der Waals surface area (Å²) in [5, 5.41) is 8.95. The number of carboxylic acid groups (broad SMARTS) is 1. The van der Waals surface area contributed by atoms with Gasteiger partial charge in [-0.25, -0.2) is 4.79 Å². The maximum Gasteiger partial charge on any atom is 0.333 e. The van der Waals surface area contributed by atoms with Gasteiger partial charge in [0.1, 0.15) is 0 Å². The molecule has 5 heteroatoms. The average molecular weight is 236 g/mol. The summed E-state index contributed by atoms with van der Waals surface area (Å²) in [6.07, 6.45) is 1.55. The maximum absolute atomic E-state index is 10.9. The zero-order valence-electron chi connectivity index (χ0n) is 9.30. The number of hydrogen-bond acceptors (Lipinski definition) is 4. The molecule has 1 aliphatic heterocycles. The zero-order chi connectivity index (χ0) is 12.3. The number of methoxy groups -OCH3 is 1. The van der Waals surface area contributed by atoms with Crippen LogP contribution in [0.25, 0.3) is 6.08 Å². The lowest BCUT2D eigenvalue weighted by atomic mass is 10.1. The molecule has 0 unspecified atom stereocenters. The van der Waals surface area contributed by atoms with E-state index in [1.54, 1.807) is 24.3 Å². The average Bonchev–Trinajstić information content (AvgIpc) is 2.75. The predicted octanol–water partition coefficient (Wildman–Crippen LogP) is 1.53. The molecule has 2 rings (SSSR count). The van der Waals surface area contributed by atoms with Crippen LogP contribution in [0.3, 0.4) is 0 Å². The third-order valence-electron chi connectivity index (χ3n) is 2.31. The fraction of sp³-hybridized carbons (Fsp3) is 0.250. The van der Waals surface area contributed by atoms with Crippen molar-refractivity contribution in [2.75, 3.05) is 20.5 Å². The van der Waals surface area contributed by atoms with Gasteiger partial charge in [-0.3, -0.25) is 0 Å². The van der Waals surface area contributed by atoms with E-state index in [1.165, 1.54) is 7.11 Å². The first kappa shape index (κ1) is 11.5. The number of ether oxygens (including phenoxy) is 3. The van der Waals surface area contributed by atoms with E-state index in [0.717, 1.165) is 5.56 Å². The Morgan fingerprint density at radius 1 is 1.47 bits per heavy atom. The number of carbonyl (C=O) groups is 1. The fourth-order valence-corrected chi connectivity index (χ4v) is 1.52. The molecule has 1 aromatic carbocycles. The smallest absolute Gasteiger partial charge is 0.333 e. The van der Waals surface area contributed by atoms with Gasteiger partial charge in [0.15, 0.2) is 11.5 Å². The first-order chi connectivity index (χ1) is 8.20. The van der Waals surface area contributed by atoms with Crippen LogP contribution in [0.1, 0.15) is 5.56 Å². The minimum Gasteiger partial charge on any atom is -0.478 e. The minimum absolute atomic E-state index is 0.0593. The Kier molecular flexibility index (Phi) is 3.30. The summed E-state index contributed by atoms with van der Waals surface area (Å²) in [6.45, 7) is 0.260. The number of rotatable bonds is 4. The first-order valence-electron chi connectivity index (χ1n) is 5.03. The van der Waals surface area contributed by atoms with Crippen molar-refractivity contribution in [3.63, 3.8) is 0 Å². The highest BCUT2D eigenvalue weighted by atomic mass is 16.7.